The molecule has 2 heterocycles. The monoisotopic (exact) mass is 150 g/mol. The molecule has 0 N–H and O–H groups in total. The Hall–Kier alpha value is -0.790. The van der Waals surface area contributed by atoms with Gasteiger partial charge in [-0.25, -0.2) is 0 Å². The van der Waals surface area contributed by atoms with Crippen molar-refractivity contribution in [3.05, 3.63) is 17.5 Å². The predicted octanol–water partition coefficient (Wildman–Crippen LogP) is 1.78. The van der Waals surface area contributed by atoms with Crippen LogP contribution in [0.5, 0.6) is 0 Å². The van der Waals surface area contributed by atoms with Crippen LogP contribution in [0.4, 0.5) is 0 Å². The molecule has 60 valence electrons. The topological polar surface area (TPSA) is 17.8 Å². The van der Waals surface area contributed by atoms with E-state index in [0.29, 0.717) is 0 Å². The second-order valence-corrected chi connectivity index (χ2v) is 3.16. The highest BCUT2D eigenvalue weighted by atomic mass is 15.3. The van der Waals surface area contributed by atoms with Crippen LogP contribution in [0, 0.1) is 0 Å². The zero-order valence-electron chi connectivity index (χ0n) is 7.01. The molecular formula is C9H14N2. The number of hydrogen-bond donors (Lipinski definition) is 0. The molecule has 2 rings (SSSR count). The van der Waals surface area contributed by atoms with E-state index in [2.05, 4.69) is 22.8 Å². The van der Waals surface area contributed by atoms with E-state index < -0.39 is 0 Å². The van der Waals surface area contributed by atoms with Crippen LogP contribution in [0.2, 0.25) is 0 Å². The predicted molar refractivity (Wildman–Crippen MR) is 44.5 cm³/mol. The third-order valence-electron chi connectivity index (χ3n) is 2.33. The molecule has 1 aliphatic rings. The second-order valence-electron chi connectivity index (χ2n) is 3.16. The number of rotatable bonds is 1. The van der Waals surface area contributed by atoms with Gasteiger partial charge >= 0.3 is 0 Å². The van der Waals surface area contributed by atoms with Gasteiger partial charge in [-0.2, -0.15) is 5.10 Å². The molecular weight excluding hydrogens is 136 g/mol. The maximum absolute atomic E-state index is 4.49. The van der Waals surface area contributed by atoms with E-state index in [1.807, 2.05) is 0 Å². The molecule has 0 unspecified atom stereocenters. The summed E-state index contributed by atoms with van der Waals surface area (Å²) in [7, 11) is 0. The van der Waals surface area contributed by atoms with Crippen LogP contribution in [-0.2, 0) is 19.4 Å². The summed E-state index contributed by atoms with van der Waals surface area (Å²) < 4.78 is 2.17. The lowest BCUT2D eigenvalue weighted by atomic mass is 10.1. The van der Waals surface area contributed by atoms with Gasteiger partial charge in [0, 0.05) is 12.2 Å². The summed E-state index contributed by atoms with van der Waals surface area (Å²) in [6, 6.07) is 2.25. The van der Waals surface area contributed by atoms with E-state index in [1.165, 1.54) is 30.7 Å². The number of hydrogen-bond acceptors (Lipinski definition) is 1. The summed E-state index contributed by atoms with van der Waals surface area (Å²) in [6.07, 6.45) is 4.94. The molecule has 0 saturated heterocycles. The van der Waals surface area contributed by atoms with E-state index in [0.717, 1.165) is 13.0 Å². The smallest absolute Gasteiger partial charge is 0.0624 e. The first-order valence-corrected chi connectivity index (χ1v) is 4.46. The fraction of sp³-hybridized carbons (Fsp3) is 0.667. The molecule has 0 saturated carbocycles. The molecule has 2 heteroatoms. The van der Waals surface area contributed by atoms with E-state index in [-0.39, 0.29) is 0 Å². The molecule has 0 aliphatic carbocycles. The zero-order valence-corrected chi connectivity index (χ0v) is 7.01. The highest BCUT2D eigenvalue weighted by Crippen LogP contribution is 2.14. The molecule has 1 aromatic rings. The summed E-state index contributed by atoms with van der Waals surface area (Å²) in [5.74, 6) is 0. The highest BCUT2D eigenvalue weighted by Gasteiger charge is 2.10. The van der Waals surface area contributed by atoms with Gasteiger partial charge in [-0.3, -0.25) is 4.68 Å². The number of fused-ring (bicyclic) bond motifs is 1. The van der Waals surface area contributed by atoms with E-state index in [1.54, 1.807) is 0 Å². The minimum Gasteiger partial charge on any atom is -0.269 e. The molecule has 0 fully saturated rings. The molecule has 1 aliphatic heterocycles. The molecule has 0 spiro atoms. The number of aryl methyl sites for hydroxylation is 3. The average molecular weight is 150 g/mol. The first-order valence-electron chi connectivity index (χ1n) is 4.46. The minimum atomic E-state index is 1.07. The van der Waals surface area contributed by atoms with Crippen LogP contribution < -0.4 is 0 Å². The second kappa shape index (κ2) is 2.68. The Morgan fingerprint density at radius 2 is 2.45 bits per heavy atom. The molecule has 0 aromatic carbocycles. The molecule has 2 nitrogen and oxygen atoms in total. The number of nitrogens with zero attached hydrogens (tertiary/aromatic N) is 2. The third-order valence-corrected chi connectivity index (χ3v) is 2.33. The van der Waals surface area contributed by atoms with Crippen LogP contribution in [0.15, 0.2) is 6.07 Å². The molecule has 11 heavy (non-hydrogen) atoms. The summed E-state index contributed by atoms with van der Waals surface area (Å²) in [4.78, 5) is 0. The van der Waals surface area contributed by atoms with Crippen molar-refractivity contribution in [2.24, 2.45) is 0 Å². The van der Waals surface area contributed by atoms with Crippen LogP contribution in [0.3, 0.4) is 0 Å². The number of aromatic nitrogens is 2. The lowest BCUT2D eigenvalue weighted by Crippen LogP contribution is -2.10. The molecule has 0 bridgehead atoms. The van der Waals surface area contributed by atoms with Crippen molar-refractivity contribution in [1.29, 1.82) is 0 Å². The van der Waals surface area contributed by atoms with Crippen molar-refractivity contribution >= 4 is 0 Å². The normalized spacial score (nSPS) is 16.5. The van der Waals surface area contributed by atoms with Gasteiger partial charge in [0.2, 0.25) is 0 Å². The van der Waals surface area contributed by atoms with Crippen molar-refractivity contribution in [1.82, 2.24) is 9.78 Å². The van der Waals surface area contributed by atoms with Gasteiger partial charge in [0.15, 0.2) is 0 Å². The summed E-state index contributed by atoms with van der Waals surface area (Å²) in [6.45, 7) is 3.30. The minimum absolute atomic E-state index is 1.07. The average Bonchev–Trinajstić information content (AvgIpc) is 2.46. The molecule has 0 radical (unpaired) electrons. The quantitative estimate of drug-likeness (QED) is 0.596. The Morgan fingerprint density at radius 1 is 1.55 bits per heavy atom. The Morgan fingerprint density at radius 3 is 3.18 bits per heavy atom. The van der Waals surface area contributed by atoms with Gasteiger partial charge in [0.05, 0.1) is 5.69 Å². The molecule has 0 atom stereocenters. The third kappa shape index (κ3) is 1.17. The standard InChI is InChI=1S/C9H14N2/c1-2-8-7-9-5-3-4-6-11(9)10-8/h7H,2-6H2,1H3. The fourth-order valence-electron chi connectivity index (χ4n) is 1.65. The van der Waals surface area contributed by atoms with Crippen LogP contribution >= 0.6 is 0 Å². The van der Waals surface area contributed by atoms with E-state index in [4.69, 9.17) is 0 Å². The van der Waals surface area contributed by atoms with Crippen molar-refractivity contribution < 1.29 is 0 Å². The van der Waals surface area contributed by atoms with Crippen LogP contribution in [-0.4, -0.2) is 9.78 Å². The van der Waals surface area contributed by atoms with Crippen molar-refractivity contribution in [2.75, 3.05) is 0 Å². The maximum Gasteiger partial charge on any atom is 0.0624 e. The Labute approximate surface area is 67.2 Å². The first-order chi connectivity index (χ1) is 5.40. The van der Waals surface area contributed by atoms with Crippen LogP contribution in [0.25, 0.3) is 0 Å². The van der Waals surface area contributed by atoms with Crippen molar-refractivity contribution in [3.8, 4) is 0 Å². The first kappa shape index (κ1) is 6.89. The van der Waals surface area contributed by atoms with Gasteiger partial charge in [0.25, 0.3) is 0 Å². The lowest BCUT2D eigenvalue weighted by molar-refractivity contribution is 0.483. The maximum atomic E-state index is 4.49. The highest BCUT2D eigenvalue weighted by molar-refractivity contribution is 5.11. The SMILES string of the molecule is CCc1cc2n(n1)CCCC2. The van der Waals surface area contributed by atoms with Gasteiger partial charge in [-0.05, 0) is 31.7 Å². The summed E-state index contributed by atoms with van der Waals surface area (Å²) in [5.41, 5.74) is 2.69. The van der Waals surface area contributed by atoms with Gasteiger partial charge in [-0.1, -0.05) is 6.92 Å². The lowest BCUT2D eigenvalue weighted by Gasteiger charge is -2.11. The summed E-state index contributed by atoms with van der Waals surface area (Å²) in [5, 5.41) is 4.49. The van der Waals surface area contributed by atoms with E-state index in [9.17, 15) is 0 Å². The molecule has 0 amide bonds. The fourth-order valence-corrected chi connectivity index (χ4v) is 1.65. The Bertz CT molecular complexity index is 227. The van der Waals surface area contributed by atoms with Crippen LogP contribution in [0.1, 0.15) is 31.2 Å². The van der Waals surface area contributed by atoms with Gasteiger partial charge in [0.1, 0.15) is 0 Å². The Balaban J connectivity index is 2.32. The van der Waals surface area contributed by atoms with Crippen molar-refractivity contribution in [3.63, 3.8) is 0 Å². The summed E-state index contributed by atoms with van der Waals surface area (Å²) >= 11 is 0. The molecule has 1 aromatic heterocycles. The van der Waals surface area contributed by atoms with E-state index >= 15 is 0 Å². The van der Waals surface area contributed by atoms with Gasteiger partial charge < -0.3 is 0 Å². The van der Waals surface area contributed by atoms with Gasteiger partial charge in [-0.15, -0.1) is 0 Å². The zero-order chi connectivity index (χ0) is 7.68. The van der Waals surface area contributed by atoms with Crippen molar-refractivity contribution in [2.45, 2.75) is 39.2 Å². The Kier molecular flexibility index (Phi) is 1.68. The largest absolute Gasteiger partial charge is 0.269 e.